The van der Waals surface area contributed by atoms with Crippen LogP contribution in [0.2, 0.25) is 0 Å². The van der Waals surface area contributed by atoms with Crippen molar-refractivity contribution in [2.24, 2.45) is 11.8 Å². The summed E-state index contributed by atoms with van der Waals surface area (Å²) in [5.74, 6) is -2.56. The van der Waals surface area contributed by atoms with Crippen LogP contribution in [-0.2, 0) is 14.4 Å². The average Bonchev–Trinajstić information content (AvgIpc) is 3.20. The summed E-state index contributed by atoms with van der Waals surface area (Å²) in [5.41, 5.74) is 1.42. The number of carboxylic acid groups (broad SMARTS) is 1. The van der Waals surface area contributed by atoms with Gasteiger partial charge in [-0.25, -0.2) is 4.98 Å². The van der Waals surface area contributed by atoms with Crippen LogP contribution in [0.3, 0.4) is 0 Å². The molecule has 32 heavy (non-hydrogen) atoms. The molecular weight excluding hydrogens is 446 g/mol. The number of fused-ring (bicyclic) bond motifs is 1. The van der Waals surface area contributed by atoms with Gasteiger partial charge in [0.1, 0.15) is 0 Å². The molecule has 0 bridgehead atoms. The molecule has 3 aromatic rings. The molecule has 1 aliphatic carbocycles. The summed E-state index contributed by atoms with van der Waals surface area (Å²) in [4.78, 5) is 41.7. The second-order valence-electron chi connectivity index (χ2n) is 7.33. The van der Waals surface area contributed by atoms with Crippen LogP contribution in [0.4, 0.5) is 10.8 Å². The Kier molecular flexibility index (Phi) is 6.87. The van der Waals surface area contributed by atoms with Gasteiger partial charge in [0.2, 0.25) is 11.8 Å². The van der Waals surface area contributed by atoms with Crippen molar-refractivity contribution in [3.63, 3.8) is 0 Å². The molecule has 1 aliphatic rings. The molecule has 0 saturated heterocycles. The fraction of sp³-hybridized carbons (Fsp3) is 0.217. The van der Waals surface area contributed by atoms with Gasteiger partial charge in [0, 0.05) is 10.6 Å². The number of hydrogen-bond acceptors (Lipinski definition) is 6. The normalized spacial score (nSPS) is 17.8. The monoisotopic (exact) mass is 467 g/mol. The van der Waals surface area contributed by atoms with Crippen molar-refractivity contribution in [2.75, 3.05) is 16.4 Å². The van der Waals surface area contributed by atoms with Crippen LogP contribution in [0.1, 0.15) is 12.8 Å². The number of carbonyl (C=O) groups is 3. The highest BCUT2D eigenvalue weighted by Gasteiger charge is 2.33. The predicted octanol–water partition coefficient (Wildman–Crippen LogP) is 4.63. The summed E-state index contributed by atoms with van der Waals surface area (Å²) in [6.07, 6.45) is 4.41. The smallest absolute Gasteiger partial charge is 0.307 e. The van der Waals surface area contributed by atoms with Gasteiger partial charge in [0.05, 0.1) is 27.8 Å². The molecule has 4 rings (SSSR count). The number of para-hydroxylation sites is 1. The molecule has 2 aromatic carbocycles. The SMILES string of the molecule is O=C(CSc1cccc(NC(=O)C2CC=CCC2C(=O)O)c1)Nc1nc2ccccc2s1. The van der Waals surface area contributed by atoms with Crippen molar-refractivity contribution in [3.05, 3.63) is 60.7 Å². The molecule has 2 amide bonds. The zero-order valence-corrected chi connectivity index (χ0v) is 18.6. The molecule has 7 nitrogen and oxygen atoms in total. The largest absolute Gasteiger partial charge is 0.481 e. The number of thiazole rings is 1. The van der Waals surface area contributed by atoms with E-state index in [1.54, 1.807) is 24.3 Å². The number of anilines is 2. The number of benzene rings is 2. The van der Waals surface area contributed by atoms with Crippen molar-refractivity contribution in [1.29, 1.82) is 0 Å². The summed E-state index contributed by atoms with van der Waals surface area (Å²) in [6.45, 7) is 0. The number of aliphatic carboxylic acids is 1. The molecule has 3 N–H and O–H groups in total. The molecule has 0 radical (unpaired) electrons. The number of nitrogens with zero attached hydrogens (tertiary/aromatic N) is 1. The van der Waals surface area contributed by atoms with E-state index in [4.69, 9.17) is 0 Å². The van der Waals surface area contributed by atoms with Crippen molar-refractivity contribution in [1.82, 2.24) is 4.98 Å². The lowest BCUT2D eigenvalue weighted by atomic mass is 9.82. The Morgan fingerprint density at radius 2 is 1.81 bits per heavy atom. The molecule has 0 fully saturated rings. The third kappa shape index (κ3) is 5.35. The third-order valence-corrected chi connectivity index (χ3v) is 7.04. The maximum Gasteiger partial charge on any atom is 0.307 e. The number of carbonyl (C=O) groups excluding carboxylic acids is 2. The van der Waals surface area contributed by atoms with Crippen LogP contribution < -0.4 is 10.6 Å². The van der Waals surface area contributed by atoms with Gasteiger partial charge in [-0.1, -0.05) is 41.7 Å². The first-order chi connectivity index (χ1) is 15.5. The van der Waals surface area contributed by atoms with Gasteiger partial charge in [0.15, 0.2) is 5.13 Å². The zero-order valence-electron chi connectivity index (χ0n) is 17.0. The Balaban J connectivity index is 1.33. The molecule has 164 valence electrons. The second kappa shape index (κ2) is 9.97. The van der Waals surface area contributed by atoms with Crippen LogP contribution in [-0.4, -0.2) is 33.6 Å². The number of amides is 2. The van der Waals surface area contributed by atoms with E-state index < -0.39 is 17.8 Å². The number of carboxylic acids is 1. The Hall–Kier alpha value is -3.17. The first-order valence-corrected chi connectivity index (χ1v) is 11.9. The lowest BCUT2D eigenvalue weighted by molar-refractivity contribution is -0.146. The maximum atomic E-state index is 12.7. The molecule has 1 aromatic heterocycles. The highest BCUT2D eigenvalue weighted by atomic mass is 32.2. The van der Waals surface area contributed by atoms with Gasteiger partial charge in [-0.15, -0.1) is 11.8 Å². The van der Waals surface area contributed by atoms with Gasteiger partial charge in [-0.3, -0.25) is 14.4 Å². The fourth-order valence-electron chi connectivity index (χ4n) is 3.51. The minimum Gasteiger partial charge on any atom is -0.481 e. The minimum absolute atomic E-state index is 0.165. The summed E-state index contributed by atoms with van der Waals surface area (Å²) >= 11 is 2.77. The van der Waals surface area contributed by atoms with Crippen molar-refractivity contribution < 1.29 is 19.5 Å². The van der Waals surface area contributed by atoms with Gasteiger partial charge in [-0.2, -0.15) is 0 Å². The predicted molar refractivity (Wildman–Crippen MR) is 127 cm³/mol. The fourth-order valence-corrected chi connectivity index (χ4v) is 5.14. The van der Waals surface area contributed by atoms with Gasteiger partial charge < -0.3 is 15.7 Å². The van der Waals surface area contributed by atoms with Crippen LogP contribution >= 0.6 is 23.1 Å². The number of aromatic nitrogens is 1. The molecule has 0 saturated carbocycles. The Bertz CT molecular complexity index is 1160. The van der Waals surface area contributed by atoms with E-state index in [2.05, 4.69) is 15.6 Å². The van der Waals surface area contributed by atoms with Crippen LogP contribution in [0.5, 0.6) is 0 Å². The summed E-state index contributed by atoms with van der Waals surface area (Å²) in [7, 11) is 0. The highest BCUT2D eigenvalue weighted by molar-refractivity contribution is 8.00. The molecule has 0 aliphatic heterocycles. The van der Waals surface area contributed by atoms with Crippen molar-refractivity contribution in [2.45, 2.75) is 17.7 Å². The molecule has 9 heteroatoms. The summed E-state index contributed by atoms with van der Waals surface area (Å²) in [5, 5.41) is 15.6. The maximum absolute atomic E-state index is 12.7. The number of rotatable bonds is 7. The number of nitrogens with one attached hydrogen (secondary N) is 2. The standard InChI is InChI=1S/C23H21N3O4S2/c27-20(26-23-25-18-10-3-4-11-19(18)32-23)13-31-15-7-5-6-14(12-15)24-21(28)16-8-1-2-9-17(16)22(29)30/h1-7,10-12,16-17H,8-9,13H2,(H,24,28)(H,29,30)(H,25,26,27). The lowest BCUT2D eigenvalue weighted by Crippen LogP contribution is -2.34. The number of allylic oxidation sites excluding steroid dienone is 2. The molecular formula is C23H21N3O4S2. The Labute approximate surface area is 192 Å². The second-order valence-corrected chi connectivity index (χ2v) is 9.41. The van der Waals surface area contributed by atoms with E-state index in [1.807, 2.05) is 36.4 Å². The number of hydrogen-bond donors (Lipinski definition) is 3. The first-order valence-electron chi connectivity index (χ1n) is 10.1. The van der Waals surface area contributed by atoms with E-state index in [0.29, 0.717) is 23.7 Å². The average molecular weight is 468 g/mol. The Morgan fingerprint density at radius 3 is 2.59 bits per heavy atom. The van der Waals surface area contributed by atoms with E-state index in [0.717, 1.165) is 15.1 Å². The zero-order chi connectivity index (χ0) is 22.5. The van der Waals surface area contributed by atoms with E-state index in [1.165, 1.54) is 23.1 Å². The molecule has 0 spiro atoms. The summed E-state index contributed by atoms with van der Waals surface area (Å²) < 4.78 is 1.01. The Morgan fingerprint density at radius 1 is 1.03 bits per heavy atom. The van der Waals surface area contributed by atoms with Crippen LogP contribution in [0.25, 0.3) is 10.2 Å². The molecule has 1 heterocycles. The lowest BCUT2D eigenvalue weighted by Gasteiger charge is -2.24. The van der Waals surface area contributed by atoms with Gasteiger partial charge in [0.25, 0.3) is 0 Å². The van der Waals surface area contributed by atoms with Crippen molar-refractivity contribution >= 4 is 61.9 Å². The first kappa shape index (κ1) is 22.0. The number of thioether (sulfide) groups is 1. The van der Waals surface area contributed by atoms with Crippen LogP contribution in [0, 0.1) is 11.8 Å². The van der Waals surface area contributed by atoms with E-state index >= 15 is 0 Å². The van der Waals surface area contributed by atoms with E-state index in [-0.39, 0.29) is 17.6 Å². The molecule has 2 unspecified atom stereocenters. The third-order valence-electron chi connectivity index (χ3n) is 5.10. The molecule has 2 atom stereocenters. The quantitative estimate of drug-likeness (QED) is 0.345. The minimum atomic E-state index is -0.960. The topological polar surface area (TPSA) is 108 Å². The highest BCUT2D eigenvalue weighted by Crippen LogP contribution is 2.29. The summed E-state index contributed by atoms with van der Waals surface area (Å²) in [6, 6.07) is 14.9. The van der Waals surface area contributed by atoms with Crippen LogP contribution in [0.15, 0.2) is 65.6 Å². The van der Waals surface area contributed by atoms with E-state index in [9.17, 15) is 19.5 Å². The van der Waals surface area contributed by atoms with Crippen molar-refractivity contribution in [3.8, 4) is 0 Å². The van der Waals surface area contributed by atoms with Gasteiger partial charge >= 0.3 is 5.97 Å². The van der Waals surface area contributed by atoms with Gasteiger partial charge in [-0.05, 0) is 43.2 Å².